The molecule has 0 radical (unpaired) electrons. The van der Waals surface area contributed by atoms with Crippen LogP contribution in [0.15, 0.2) is 53.8 Å². The quantitative estimate of drug-likeness (QED) is 0.740. The van der Waals surface area contributed by atoms with E-state index in [-0.39, 0.29) is 4.90 Å². The summed E-state index contributed by atoms with van der Waals surface area (Å²) >= 11 is 0. The van der Waals surface area contributed by atoms with Gasteiger partial charge in [-0.15, -0.1) is 0 Å². The molecule has 3 heterocycles. The van der Waals surface area contributed by atoms with Gasteiger partial charge in [0.05, 0.1) is 11.1 Å². The van der Waals surface area contributed by atoms with E-state index in [1.54, 1.807) is 36.7 Å². The van der Waals surface area contributed by atoms with Crippen LogP contribution in [0.25, 0.3) is 5.52 Å². The molecule has 25 heavy (non-hydrogen) atoms. The first kappa shape index (κ1) is 15.9. The van der Waals surface area contributed by atoms with E-state index < -0.39 is 10.0 Å². The molecule has 0 atom stereocenters. The van der Waals surface area contributed by atoms with Gasteiger partial charge in [-0.05, 0) is 30.3 Å². The van der Waals surface area contributed by atoms with E-state index >= 15 is 0 Å². The fourth-order valence-electron chi connectivity index (χ4n) is 3.11. The minimum Gasteiger partial charge on any atom is -0.368 e. The lowest BCUT2D eigenvalue weighted by Crippen LogP contribution is -2.47. The highest BCUT2D eigenvalue weighted by atomic mass is 32.2. The SMILES string of the molecule is NS(=O)(=O)c1ccc(N2CCN(c3nccn4nccc34)CC2)cc1. The zero-order chi connectivity index (χ0) is 17.4. The van der Waals surface area contributed by atoms with E-state index in [2.05, 4.69) is 19.9 Å². The Morgan fingerprint density at radius 3 is 2.28 bits per heavy atom. The number of rotatable bonds is 3. The number of hydrogen-bond donors (Lipinski definition) is 1. The zero-order valence-electron chi connectivity index (χ0n) is 13.5. The third-order valence-electron chi connectivity index (χ3n) is 4.41. The number of piperazine rings is 1. The Labute approximate surface area is 145 Å². The summed E-state index contributed by atoms with van der Waals surface area (Å²) in [5.74, 6) is 0.934. The highest BCUT2D eigenvalue weighted by molar-refractivity contribution is 7.89. The molecule has 0 unspecified atom stereocenters. The van der Waals surface area contributed by atoms with Crippen LogP contribution >= 0.6 is 0 Å². The van der Waals surface area contributed by atoms with Crippen LogP contribution in [-0.2, 0) is 10.0 Å². The normalized spacial score (nSPS) is 15.7. The molecule has 2 aromatic heterocycles. The summed E-state index contributed by atoms with van der Waals surface area (Å²) in [5.41, 5.74) is 1.98. The van der Waals surface area contributed by atoms with E-state index in [0.29, 0.717) is 0 Å². The highest BCUT2D eigenvalue weighted by Gasteiger charge is 2.20. The molecule has 8 nitrogen and oxygen atoms in total. The maximum absolute atomic E-state index is 11.3. The predicted octanol–water partition coefficient (Wildman–Crippen LogP) is 0.703. The molecule has 1 aliphatic rings. The lowest BCUT2D eigenvalue weighted by atomic mass is 10.2. The van der Waals surface area contributed by atoms with Crippen molar-refractivity contribution in [3.05, 3.63) is 48.9 Å². The van der Waals surface area contributed by atoms with Gasteiger partial charge in [-0.1, -0.05) is 0 Å². The molecule has 0 bridgehead atoms. The minimum atomic E-state index is -3.65. The number of sulfonamides is 1. The summed E-state index contributed by atoms with van der Waals surface area (Å²) < 4.78 is 24.5. The molecule has 1 saturated heterocycles. The van der Waals surface area contributed by atoms with Gasteiger partial charge in [0.2, 0.25) is 10.0 Å². The fraction of sp³-hybridized carbons (Fsp3) is 0.250. The number of fused-ring (bicyclic) bond motifs is 1. The molecule has 1 aliphatic heterocycles. The van der Waals surface area contributed by atoms with Crippen molar-refractivity contribution in [2.75, 3.05) is 36.0 Å². The lowest BCUT2D eigenvalue weighted by Gasteiger charge is -2.36. The number of nitrogens with zero attached hydrogens (tertiary/aromatic N) is 5. The molecule has 0 aliphatic carbocycles. The second kappa shape index (κ2) is 6.01. The summed E-state index contributed by atoms with van der Waals surface area (Å²) in [5, 5.41) is 9.39. The minimum absolute atomic E-state index is 0.131. The van der Waals surface area contributed by atoms with Crippen molar-refractivity contribution in [1.29, 1.82) is 0 Å². The molecule has 3 aromatic rings. The zero-order valence-corrected chi connectivity index (χ0v) is 14.3. The van der Waals surface area contributed by atoms with E-state index in [1.165, 1.54) is 0 Å². The first-order chi connectivity index (χ1) is 12.0. The second-order valence-electron chi connectivity index (χ2n) is 5.92. The number of nitrogens with two attached hydrogens (primary N) is 1. The monoisotopic (exact) mass is 358 g/mol. The van der Waals surface area contributed by atoms with Crippen molar-refractivity contribution < 1.29 is 8.42 Å². The van der Waals surface area contributed by atoms with Crippen molar-refractivity contribution >= 4 is 27.0 Å². The number of hydrogen-bond acceptors (Lipinski definition) is 6. The summed E-state index contributed by atoms with van der Waals surface area (Å²) in [7, 11) is -3.65. The van der Waals surface area contributed by atoms with Crippen LogP contribution in [0.4, 0.5) is 11.5 Å². The van der Waals surface area contributed by atoms with Gasteiger partial charge in [0.25, 0.3) is 0 Å². The van der Waals surface area contributed by atoms with Crippen LogP contribution in [-0.4, -0.2) is 49.2 Å². The standard InChI is InChI=1S/C16H18N6O2S/c17-25(23,24)14-3-1-13(2-4-14)20-9-11-21(12-10-20)16-15-5-6-19-22(15)8-7-18-16/h1-8H,9-12H2,(H2,17,23,24). The molecule has 130 valence electrons. The average molecular weight is 358 g/mol. The van der Waals surface area contributed by atoms with Crippen LogP contribution < -0.4 is 14.9 Å². The third-order valence-corrected chi connectivity index (χ3v) is 5.34. The molecule has 0 saturated carbocycles. The van der Waals surface area contributed by atoms with Crippen molar-refractivity contribution in [1.82, 2.24) is 14.6 Å². The topological polar surface area (TPSA) is 96.8 Å². The van der Waals surface area contributed by atoms with Gasteiger partial charge in [0, 0.05) is 44.3 Å². The van der Waals surface area contributed by atoms with Crippen molar-refractivity contribution in [2.45, 2.75) is 4.90 Å². The molecule has 4 rings (SSSR count). The van der Waals surface area contributed by atoms with Crippen LogP contribution in [0.1, 0.15) is 0 Å². The Morgan fingerprint density at radius 1 is 0.920 bits per heavy atom. The molecular weight excluding hydrogens is 340 g/mol. The number of primary sulfonamides is 1. The largest absolute Gasteiger partial charge is 0.368 e. The Bertz CT molecular complexity index is 991. The van der Waals surface area contributed by atoms with E-state index in [0.717, 1.165) is 43.2 Å². The Morgan fingerprint density at radius 2 is 1.60 bits per heavy atom. The third kappa shape index (κ3) is 3.03. The molecule has 1 fully saturated rings. The van der Waals surface area contributed by atoms with Crippen LogP contribution in [0.2, 0.25) is 0 Å². The number of benzene rings is 1. The van der Waals surface area contributed by atoms with E-state index in [4.69, 9.17) is 5.14 Å². The summed E-state index contributed by atoms with van der Waals surface area (Å²) in [6.07, 6.45) is 5.36. The first-order valence-electron chi connectivity index (χ1n) is 7.93. The fourth-order valence-corrected chi connectivity index (χ4v) is 3.63. The Hall–Kier alpha value is -2.65. The van der Waals surface area contributed by atoms with Crippen molar-refractivity contribution in [2.24, 2.45) is 5.14 Å². The molecule has 0 amide bonds. The molecule has 9 heteroatoms. The molecule has 2 N–H and O–H groups in total. The molecule has 1 aromatic carbocycles. The predicted molar refractivity (Wildman–Crippen MR) is 95.2 cm³/mol. The lowest BCUT2D eigenvalue weighted by molar-refractivity contribution is 0.597. The maximum atomic E-state index is 11.3. The molecule has 0 spiro atoms. The van der Waals surface area contributed by atoms with Crippen molar-refractivity contribution in [3.63, 3.8) is 0 Å². The average Bonchev–Trinajstić information content (AvgIpc) is 3.10. The van der Waals surface area contributed by atoms with E-state index in [9.17, 15) is 8.42 Å². The van der Waals surface area contributed by atoms with Crippen LogP contribution in [0.5, 0.6) is 0 Å². The van der Waals surface area contributed by atoms with Gasteiger partial charge in [-0.2, -0.15) is 5.10 Å². The van der Waals surface area contributed by atoms with Gasteiger partial charge in [0.1, 0.15) is 5.52 Å². The van der Waals surface area contributed by atoms with Gasteiger partial charge in [0.15, 0.2) is 5.82 Å². The van der Waals surface area contributed by atoms with E-state index in [1.807, 2.05) is 16.8 Å². The molecular formula is C16H18N6O2S. The number of aromatic nitrogens is 3. The summed E-state index contributed by atoms with van der Waals surface area (Å²) in [6, 6.07) is 8.65. The smallest absolute Gasteiger partial charge is 0.238 e. The number of anilines is 2. The maximum Gasteiger partial charge on any atom is 0.238 e. The Balaban J connectivity index is 1.49. The van der Waals surface area contributed by atoms with Gasteiger partial charge < -0.3 is 9.80 Å². The highest BCUT2D eigenvalue weighted by Crippen LogP contribution is 2.23. The Kier molecular flexibility index (Phi) is 3.81. The van der Waals surface area contributed by atoms with Crippen LogP contribution in [0.3, 0.4) is 0 Å². The summed E-state index contributed by atoms with van der Waals surface area (Å²) in [6.45, 7) is 3.31. The van der Waals surface area contributed by atoms with Crippen LogP contribution in [0, 0.1) is 0 Å². The second-order valence-corrected chi connectivity index (χ2v) is 7.49. The van der Waals surface area contributed by atoms with Gasteiger partial charge >= 0.3 is 0 Å². The van der Waals surface area contributed by atoms with Crippen molar-refractivity contribution in [3.8, 4) is 0 Å². The van der Waals surface area contributed by atoms with Gasteiger partial charge in [-0.25, -0.2) is 23.1 Å². The first-order valence-corrected chi connectivity index (χ1v) is 9.48. The summed E-state index contributed by atoms with van der Waals surface area (Å²) in [4.78, 5) is 9.10. The van der Waals surface area contributed by atoms with Gasteiger partial charge in [-0.3, -0.25) is 0 Å².